The lowest BCUT2D eigenvalue weighted by atomic mass is 10.0. The summed E-state index contributed by atoms with van der Waals surface area (Å²) in [6.45, 7) is 2.87. The summed E-state index contributed by atoms with van der Waals surface area (Å²) in [5, 5.41) is 11.8. The SMILES string of the molecule is COc1ccc(COCC2CCOCC2)cc1C(N)=NO. The van der Waals surface area contributed by atoms with E-state index >= 15 is 0 Å². The van der Waals surface area contributed by atoms with Gasteiger partial charge in [-0.15, -0.1) is 0 Å². The second kappa shape index (κ2) is 7.85. The van der Waals surface area contributed by atoms with Crippen molar-refractivity contribution in [1.82, 2.24) is 0 Å². The van der Waals surface area contributed by atoms with Crippen LogP contribution in [0.25, 0.3) is 0 Å². The van der Waals surface area contributed by atoms with E-state index in [9.17, 15) is 0 Å². The van der Waals surface area contributed by atoms with Crippen LogP contribution in [0.4, 0.5) is 0 Å². The van der Waals surface area contributed by atoms with Crippen molar-refractivity contribution in [3.05, 3.63) is 29.3 Å². The average Bonchev–Trinajstić information content (AvgIpc) is 2.55. The highest BCUT2D eigenvalue weighted by Gasteiger charge is 2.14. The van der Waals surface area contributed by atoms with Crippen molar-refractivity contribution in [3.63, 3.8) is 0 Å². The molecule has 0 amide bonds. The Morgan fingerprint density at radius 2 is 2.19 bits per heavy atom. The predicted octanol–water partition coefficient (Wildman–Crippen LogP) is 1.73. The van der Waals surface area contributed by atoms with Crippen molar-refractivity contribution >= 4 is 5.84 Å². The van der Waals surface area contributed by atoms with Gasteiger partial charge < -0.3 is 25.2 Å². The lowest BCUT2D eigenvalue weighted by Gasteiger charge is -2.21. The van der Waals surface area contributed by atoms with Gasteiger partial charge >= 0.3 is 0 Å². The van der Waals surface area contributed by atoms with Crippen molar-refractivity contribution in [2.45, 2.75) is 19.4 Å². The van der Waals surface area contributed by atoms with Crippen LogP contribution in [0.15, 0.2) is 23.4 Å². The molecule has 6 heteroatoms. The minimum atomic E-state index is 0.0260. The molecule has 0 aromatic heterocycles. The van der Waals surface area contributed by atoms with Crippen LogP contribution < -0.4 is 10.5 Å². The summed E-state index contributed by atoms with van der Waals surface area (Å²) < 4.78 is 16.3. The van der Waals surface area contributed by atoms with Crippen molar-refractivity contribution in [2.75, 3.05) is 26.9 Å². The van der Waals surface area contributed by atoms with Gasteiger partial charge in [0.2, 0.25) is 0 Å². The molecular weight excluding hydrogens is 272 g/mol. The van der Waals surface area contributed by atoms with E-state index in [1.54, 1.807) is 13.2 Å². The molecule has 1 aromatic rings. The summed E-state index contributed by atoms with van der Waals surface area (Å²) in [5.74, 6) is 1.16. The Morgan fingerprint density at radius 1 is 1.43 bits per heavy atom. The molecule has 2 rings (SSSR count). The Kier molecular flexibility index (Phi) is 5.83. The number of nitrogens with two attached hydrogens (primary N) is 1. The first kappa shape index (κ1) is 15.6. The molecule has 1 aliphatic rings. The number of benzene rings is 1. The molecule has 1 fully saturated rings. The van der Waals surface area contributed by atoms with Crippen LogP contribution in [0.2, 0.25) is 0 Å². The monoisotopic (exact) mass is 294 g/mol. The van der Waals surface area contributed by atoms with E-state index in [-0.39, 0.29) is 5.84 Å². The summed E-state index contributed by atoms with van der Waals surface area (Å²) in [6, 6.07) is 5.52. The van der Waals surface area contributed by atoms with E-state index < -0.39 is 0 Å². The van der Waals surface area contributed by atoms with Crippen LogP contribution in [0.3, 0.4) is 0 Å². The van der Waals surface area contributed by atoms with Crippen LogP contribution in [0.5, 0.6) is 5.75 Å². The second-order valence-corrected chi connectivity index (χ2v) is 5.09. The number of hydrogen-bond acceptors (Lipinski definition) is 5. The highest BCUT2D eigenvalue weighted by molar-refractivity contribution is 5.99. The predicted molar refractivity (Wildman–Crippen MR) is 78.7 cm³/mol. The van der Waals surface area contributed by atoms with Crippen LogP contribution >= 0.6 is 0 Å². The van der Waals surface area contributed by atoms with Crippen LogP contribution in [0.1, 0.15) is 24.0 Å². The topological polar surface area (TPSA) is 86.3 Å². The standard InChI is InChI=1S/C15H22N2O4/c1-19-14-3-2-12(8-13(14)15(16)17-18)10-21-9-11-4-6-20-7-5-11/h2-3,8,11,18H,4-7,9-10H2,1H3,(H2,16,17). The van der Waals surface area contributed by atoms with E-state index in [1.807, 2.05) is 12.1 Å². The highest BCUT2D eigenvalue weighted by Crippen LogP contribution is 2.21. The number of rotatable bonds is 6. The van der Waals surface area contributed by atoms with Crippen molar-refractivity contribution in [1.29, 1.82) is 0 Å². The number of oxime groups is 1. The quantitative estimate of drug-likeness (QED) is 0.361. The summed E-state index contributed by atoms with van der Waals surface area (Å²) >= 11 is 0. The van der Waals surface area contributed by atoms with Crippen molar-refractivity contribution < 1.29 is 19.4 Å². The fourth-order valence-electron chi connectivity index (χ4n) is 2.36. The first-order valence-corrected chi connectivity index (χ1v) is 7.05. The first-order valence-electron chi connectivity index (χ1n) is 7.05. The zero-order valence-electron chi connectivity index (χ0n) is 12.2. The fourth-order valence-corrected chi connectivity index (χ4v) is 2.36. The lowest BCUT2D eigenvalue weighted by molar-refractivity contribution is 0.0157. The van der Waals surface area contributed by atoms with Gasteiger partial charge in [-0.3, -0.25) is 0 Å². The first-order chi connectivity index (χ1) is 10.2. The second-order valence-electron chi connectivity index (χ2n) is 5.09. The van der Waals surface area contributed by atoms with Gasteiger partial charge in [-0.25, -0.2) is 0 Å². The van der Waals surface area contributed by atoms with E-state index in [4.69, 9.17) is 25.2 Å². The molecule has 0 atom stereocenters. The molecule has 1 saturated heterocycles. The third kappa shape index (κ3) is 4.34. The third-order valence-electron chi connectivity index (χ3n) is 3.61. The van der Waals surface area contributed by atoms with E-state index in [1.165, 1.54) is 0 Å². The van der Waals surface area contributed by atoms with E-state index in [0.29, 0.717) is 23.8 Å². The number of amidine groups is 1. The maximum absolute atomic E-state index is 8.81. The molecule has 1 heterocycles. The number of hydrogen-bond donors (Lipinski definition) is 2. The smallest absolute Gasteiger partial charge is 0.173 e. The van der Waals surface area contributed by atoms with Gasteiger partial charge in [0, 0.05) is 13.2 Å². The van der Waals surface area contributed by atoms with Gasteiger partial charge in [0.05, 0.1) is 25.9 Å². The zero-order valence-corrected chi connectivity index (χ0v) is 12.2. The Bertz CT molecular complexity index is 485. The molecule has 0 saturated carbocycles. The molecule has 0 bridgehead atoms. The lowest BCUT2D eigenvalue weighted by Crippen LogP contribution is -2.20. The molecule has 0 unspecified atom stereocenters. The summed E-state index contributed by atoms with van der Waals surface area (Å²) in [7, 11) is 1.55. The van der Waals surface area contributed by atoms with Gasteiger partial charge in [-0.2, -0.15) is 0 Å². The molecular formula is C15H22N2O4. The largest absolute Gasteiger partial charge is 0.496 e. The van der Waals surface area contributed by atoms with Crippen molar-refractivity contribution in [3.8, 4) is 5.75 Å². The summed E-state index contributed by atoms with van der Waals surface area (Å²) in [6.07, 6.45) is 2.11. The molecule has 1 aromatic carbocycles. The third-order valence-corrected chi connectivity index (χ3v) is 3.61. The van der Waals surface area contributed by atoms with Crippen LogP contribution in [-0.2, 0) is 16.1 Å². The Hall–Kier alpha value is -1.79. The molecule has 1 aliphatic heterocycles. The average molecular weight is 294 g/mol. The summed E-state index contributed by atoms with van der Waals surface area (Å²) in [4.78, 5) is 0. The van der Waals surface area contributed by atoms with E-state index in [0.717, 1.165) is 38.2 Å². The maximum atomic E-state index is 8.81. The zero-order chi connectivity index (χ0) is 15.1. The number of nitrogens with zero attached hydrogens (tertiary/aromatic N) is 1. The Balaban J connectivity index is 1.93. The normalized spacial score (nSPS) is 16.9. The minimum Gasteiger partial charge on any atom is -0.496 e. The number of methoxy groups -OCH3 is 1. The van der Waals surface area contributed by atoms with E-state index in [2.05, 4.69) is 5.16 Å². The molecule has 0 radical (unpaired) electrons. The van der Waals surface area contributed by atoms with Crippen molar-refractivity contribution in [2.24, 2.45) is 16.8 Å². The molecule has 6 nitrogen and oxygen atoms in total. The van der Waals surface area contributed by atoms with Crippen LogP contribution in [-0.4, -0.2) is 38.0 Å². The Labute approximate surface area is 124 Å². The number of ether oxygens (including phenoxy) is 3. The molecule has 0 aliphatic carbocycles. The molecule has 116 valence electrons. The Morgan fingerprint density at radius 3 is 2.86 bits per heavy atom. The maximum Gasteiger partial charge on any atom is 0.173 e. The van der Waals surface area contributed by atoms with Gasteiger partial charge in [-0.05, 0) is 36.5 Å². The molecule has 3 N–H and O–H groups in total. The van der Waals surface area contributed by atoms with Crippen LogP contribution in [0, 0.1) is 5.92 Å². The summed E-state index contributed by atoms with van der Waals surface area (Å²) in [5.41, 5.74) is 7.18. The molecule has 21 heavy (non-hydrogen) atoms. The van der Waals surface area contributed by atoms with Gasteiger partial charge in [0.1, 0.15) is 5.75 Å². The molecule has 0 spiro atoms. The highest BCUT2D eigenvalue weighted by atomic mass is 16.5. The van der Waals surface area contributed by atoms with Gasteiger partial charge in [-0.1, -0.05) is 11.2 Å². The van der Waals surface area contributed by atoms with Gasteiger partial charge in [0.15, 0.2) is 5.84 Å². The minimum absolute atomic E-state index is 0.0260. The van der Waals surface area contributed by atoms with Gasteiger partial charge in [0.25, 0.3) is 0 Å². The fraction of sp³-hybridized carbons (Fsp3) is 0.533.